The van der Waals surface area contributed by atoms with E-state index >= 15 is 0 Å². The first kappa shape index (κ1) is 26.3. The zero-order valence-electron chi connectivity index (χ0n) is 20.1. The van der Waals surface area contributed by atoms with Crippen molar-refractivity contribution < 1.29 is 9.53 Å². The van der Waals surface area contributed by atoms with Crippen molar-refractivity contribution in [3.8, 4) is 11.8 Å². The SMILES string of the molecule is CCCCCCCCCCCCCCCCC#Cc1c(C)[nH]c(C(=O)OCC)c1C. The molecule has 170 valence electrons. The number of carbonyl (C=O) groups excluding carboxylic acids is 1. The van der Waals surface area contributed by atoms with E-state index in [1.54, 1.807) is 0 Å². The van der Waals surface area contributed by atoms with Gasteiger partial charge in [-0.1, -0.05) is 102 Å². The monoisotopic (exact) mass is 415 g/mol. The van der Waals surface area contributed by atoms with Crippen LogP contribution in [0.1, 0.15) is 137 Å². The third kappa shape index (κ3) is 10.9. The van der Waals surface area contributed by atoms with Gasteiger partial charge >= 0.3 is 5.97 Å². The van der Waals surface area contributed by atoms with Gasteiger partial charge in [-0.25, -0.2) is 4.79 Å². The Morgan fingerprint density at radius 3 is 1.80 bits per heavy atom. The number of hydrogen-bond acceptors (Lipinski definition) is 2. The minimum absolute atomic E-state index is 0.293. The summed E-state index contributed by atoms with van der Waals surface area (Å²) in [7, 11) is 0. The number of aromatic amines is 1. The Hall–Kier alpha value is -1.69. The Morgan fingerprint density at radius 2 is 1.30 bits per heavy atom. The number of ether oxygens (including phenoxy) is 1. The molecule has 0 aromatic carbocycles. The van der Waals surface area contributed by atoms with Crippen LogP contribution in [-0.4, -0.2) is 17.6 Å². The van der Waals surface area contributed by atoms with Crippen molar-refractivity contribution in [1.82, 2.24) is 4.98 Å². The van der Waals surface area contributed by atoms with Gasteiger partial charge in [-0.3, -0.25) is 0 Å². The van der Waals surface area contributed by atoms with Gasteiger partial charge in [0, 0.05) is 17.7 Å². The lowest BCUT2D eigenvalue weighted by molar-refractivity contribution is 0.0519. The fourth-order valence-corrected chi connectivity index (χ4v) is 3.90. The van der Waals surface area contributed by atoms with Crippen molar-refractivity contribution in [1.29, 1.82) is 0 Å². The van der Waals surface area contributed by atoms with E-state index in [-0.39, 0.29) is 5.97 Å². The summed E-state index contributed by atoms with van der Waals surface area (Å²) in [4.78, 5) is 15.1. The summed E-state index contributed by atoms with van der Waals surface area (Å²) in [6.07, 6.45) is 20.2. The molecule has 0 saturated carbocycles. The molecule has 0 bridgehead atoms. The molecule has 1 N–H and O–H groups in total. The molecule has 3 nitrogen and oxygen atoms in total. The molecule has 0 unspecified atom stereocenters. The fraction of sp³-hybridized carbons (Fsp3) is 0.741. The van der Waals surface area contributed by atoms with E-state index in [9.17, 15) is 4.79 Å². The van der Waals surface area contributed by atoms with Crippen molar-refractivity contribution in [2.75, 3.05) is 6.61 Å². The molecule has 30 heavy (non-hydrogen) atoms. The smallest absolute Gasteiger partial charge is 0.355 e. The molecule has 1 aromatic rings. The van der Waals surface area contributed by atoms with Crippen LogP contribution in [0.25, 0.3) is 0 Å². The lowest BCUT2D eigenvalue weighted by Crippen LogP contribution is -2.06. The highest BCUT2D eigenvalue weighted by Gasteiger charge is 2.16. The minimum atomic E-state index is -0.293. The average Bonchev–Trinajstić information content (AvgIpc) is 3.01. The molecule has 0 amide bonds. The van der Waals surface area contributed by atoms with Gasteiger partial charge in [0.1, 0.15) is 5.69 Å². The van der Waals surface area contributed by atoms with E-state index in [4.69, 9.17) is 4.74 Å². The minimum Gasteiger partial charge on any atom is -0.461 e. The van der Waals surface area contributed by atoms with Crippen LogP contribution in [-0.2, 0) is 4.74 Å². The van der Waals surface area contributed by atoms with E-state index in [1.807, 2.05) is 20.8 Å². The Balaban J connectivity index is 2.07. The molecular weight excluding hydrogens is 370 g/mol. The number of aromatic nitrogens is 1. The van der Waals surface area contributed by atoms with Crippen molar-refractivity contribution in [2.45, 2.75) is 124 Å². The molecule has 0 fully saturated rings. The zero-order chi connectivity index (χ0) is 22.0. The van der Waals surface area contributed by atoms with E-state index in [0.717, 1.165) is 29.7 Å². The lowest BCUT2D eigenvalue weighted by Gasteiger charge is -2.02. The summed E-state index contributed by atoms with van der Waals surface area (Å²) in [6, 6.07) is 0. The van der Waals surface area contributed by atoms with Gasteiger partial charge in [-0.05, 0) is 32.8 Å². The number of carbonyl (C=O) groups is 1. The molecule has 0 aliphatic heterocycles. The molecule has 0 spiro atoms. The topological polar surface area (TPSA) is 42.1 Å². The van der Waals surface area contributed by atoms with Crippen LogP contribution < -0.4 is 0 Å². The lowest BCUT2D eigenvalue weighted by atomic mass is 10.0. The first-order chi connectivity index (χ1) is 14.6. The maximum Gasteiger partial charge on any atom is 0.355 e. The van der Waals surface area contributed by atoms with Crippen LogP contribution in [0.5, 0.6) is 0 Å². The maximum atomic E-state index is 12.0. The molecule has 3 heteroatoms. The van der Waals surface area contributed by atoms with Crippen molar-refractivity contribution in [3.63, 3.8) is 0 Å². The Kier molecular flexibility index (Phi) is 15.0. The Bertz CT molecular complexity index is 648. The predicted molar refractivity (Wildman–Crippen MR) is 128 cm³/mol. The molecule has 1 aromatic heterocycles. The molecule has 0 aliphatic rings. The molecule has 1 heterocycles. The highest BCUT2D eigenvalue weighted by molar-refractivity contribution is 5.90. The molecular formula is C27H45NO2. The molecule has 0 radical (unpaired) electrons. The number of esters is 1. The largest absolute Gasteiger partial charge is 0.461 e. The summed E-state index contributed by atoms with van der Waals surface area (Å²) in [5.41, 5.74) is 3.34. The van der Waals surface area contributed by atoms with Crippen LogP contribution in [0.15, 0.2) is 0 Å². The molecule has 0 atom stereocenters. The highest BCUT2D eigenvalue weighted by atomic mass is 16.5. The van der Waals surface area contributed by atoms with Gasteiger partial charge in [0.2, 0.25) is 0 Å². The van der Waals surface area contributed by atoms with Crippen LogP contribution in [0.3, 0.4) is 0 Å². The van der Waals surface area contributed by atoms with Crippen molar-refractivity contribution in [2.24, 2.45) is 0 Å². The molecule has 1 rings (SSSR count). The Labute approximate surface area is 185 Å². The zero-order valence-corrected chi connectivity index (χ0v) is 20.1. The number of rotatable bonds is 16. The summed E-state index contributed by atoms with van der Waals surface area (Å²) in [5, 5.41) is 0. The second-order valence-electron chi connectivity index (χ2n) is 8.49. The first-order valence-electron chi connectivity index (χ1n) is 12.5. The van der Waals surface area contributed by atoms with E-state index in [2.05, 4.69) is 23.7 Å². The van der Waals surface area contributed by atoms with Gasteiger partial charge in [0.05, 0.1) is 6.61 Å². The number of nitrogens with one attached hydrogen (secondary N) is 1. The van der Waals surface area contributed by atoms with Crippen LogP contribution in [0.2, 0.25) is 0 Å². The molecule has 0 aliphatic carbocycles. The summed E-state index contributed by atoms with van der Waals surface area (Å²) in [6.45, 7) is 8.39. The second-order valence-corrected chi connectivity index (χ2v) is 8.49. The average molecular weight is 416 g/mol. The summed E-state index contributed by atoms with van der Waals surface area (Å²) in [5.74, 6) is 6.25. The fourth-order valence-electron chi connectivity index (χ4n) is 3.90. The van der Waals surface area contributed by atoms with Crippen LogP contribution in [0, 0.1) is 25.7 Å². The standard InChI is InChI=1S/C27H45NO2/c1-5-7-8-9-10-11-12-13-14-15-16-17-18-19-20-21-22-25-23(3)26(28-24(25)4)27(29)30-6-2/h28H,5-20H2,1-4H3. The quantitative estimate of drug-likeness (QED) is 0.169. The predicted octanol–water partition coefficient (Wildman–Crippen LogP) is 8.03. The number of hydrogen-bond donors (Lipinski definition) is 1. The van der Waals surface area contributed by atoms with Crippen LogP contribution >= 0.6 is 0 Å². The van der Waals surface area contributed by atoms with Gasteiger partial charge in [0.25, 0.3) is 0 Å². The number of aryl methyl sites for hydroxylation is 1. The maximum absolute atomic E-state index is 12.0. The van der Waals surface area contributed by atoms with E-state index < -0.39 is 0 Å². The van der Waals surface area contributed by atoms with E-state index in [1.165, 1.54) is 83.5 Å². The van der Waals surface area contributed by atoms with Gasteiger partial charge < -0.3 is 9.72 Å². The van der Waals surface area contributed by atoms with Gasteiger partial charge in [-0.15, -0.1) is 0 Å². The van der Waals surface area contributed by atoms with E-state index in [0.29, 0.717) is 12.3 Å². The third-order valence-corrected chi connectivity index (χ3v) is 5.79. The number of unbranched alkanes of at least 4 members (excludes halogenated alkanes) is 14. The van der Waals surface area contributed by atoms with Crippen molar-refractivity contribution >= 4 is 5.97 Å². The van der Waals surface area contributed by atoms with Gasteiger partial charge in [0.15, 0.2) is 0 Å². The molecule has 0 saturated heterocycles. The second kappa shape index (κ2) is 17.0. The third-order valence-electron chi connectivity index (χ3n) is 5.79. The normalized spacial score (nSPS) is 10.7. The highest BCUT2D eigenvalue weighted by Crippen LogP contribution is 2.18. The van der Waals surface area contributed by atoms with Crippen molar-refractivity contribution in [3.05, 3.63) is 22.5 Å². The number of H-pyrrole nitrogens is 1. The van der Waals surface area contributed by atoms with Crippen LogP contribution in [0.4, 0.5) is 0 Å². The van der Waals surface area contributed by atoms with Gasteiger partial charge in [-0.2, -0.15) is 0 Å². The summed E-state index contributed by atoms with van der Waals surface area (Å²) >= 11 is 0. The Morgan fingerprint density at radius 1 is 0.800 bits per heavy atom. The summed E-state index contributed by atoms with van der Waals surface area (Å²) < 4.78 is 5.09. The first-order valence-corrected chi connectivity index (χ1v) is 12.5.